The largest absolute Gasteiger partial charge is 0.488 e. The van der Waals surface area contributed by atoms with Crippen molar-refractivity contribution in [1.29, 1.82) is 5.26 Å². The van der Waals surface area contributed by atoms with Gasteiger partial charge in [-0.2, -0.15) is 5.26 Å². The van der Waals surface area contributed by atoms with E-state index in [0.717, 1.165) is 15.0 Å². The molecule has 0 unspecified atom stereocenters. The fourth-order valence-electron chi connectivity index (χ4n) is 1.21. The van der Waals surface area contributed by atoms with Crippen molar-refractivity contribution < 1.29 is 4.74 Å². The number of nitriles is 1. The van der Waals surface area contributed by atoms with E-state index in [-0.39, 0.29) is 0 Å². The fourth-order valence-corrected chi connectivity index (χ4v) is 2.21. The van der Waals surface area contributed by atoms with E-state index in [9.17, 15) is 0 Å². The summed E-state index contributed by atoms with van der Waals surface area (Å²) >= 11 is 7.31. The first-order valence-corrected chi connectivity index (χ1v) is 5.84. The van der Waals surface area contributed by atoms with Crippen LogP contribution in [-0.4, -0.2) is 0 Å². The van der Waals surface area contributed by atoms with Crippen molar-refractivity contribution in [1.82, 2.24) is 0 Å². The Morgan fingerprint density at radius 1 is 1.19 bits per heavy atom. The van der Waals surface area contributed by atoms with Crippen LogP contribution in [0.5, 0.6) is 5.75 Å². The normalized spacial score (nSPS) is 9.75. The van der Waals surface area contributed by atoms with Gasteiger partial charge in [0.15, 0.2) is 0 Å². The molecule has 4 heteroatoms. The summed E-state index contributed by atoms with van der Waals surface area (Å²) in [5.74, 6) is 0.753. The molecule has 0 aliphatic rings. The van der Waals surface area contributed by atoms with Crippen LogP contribution < -0.4 is 4.74 Å². The molecule has 0 fully saturated rings. The van der Waals surface area contributed by atoms with E-state index < -0.39 is 0 Å². The summed E-state index contributed by atoms with van der Waals surface area (Å²) in [5.41, 5.74) is 0.631. The molecule has 2 aromatic rings. The van der Waals surface area contributed by atoms with Gasteiger partial charge in [-0.05, 0) is 36.4 Å². The Kier molecular flexibility index (Phi) is 3.45. The monoisotopic (exact) mass is 249 g/mol. The van der Waals surface area contributed by atoms with Crippen LogP contribution >= 0.6 is 22.9 Å². The molecule has 0 atom stereocenters. The first-order valence-electron chi connectivity index (χ1n) is 4.65. The number of thiophene rings is 1. The standard InChI is InChI=1S/C12H8ClNOS/c13-12-6-5-11(16-12)8-15-10-3-1-9(7-14)2-4-10/h1-6H,8H2. The van der Waals surface area contributed by atoms with E-state index in [2.05, 4.69) is 6.07 Å². The topological polar surface area (TPSA) is 33.0 Å². The van der Waals surface area contributed by atoms with Crippen molar-refractivity contribution in [2.24, 2.45) is 0 Å². The van der Waals surface area contributed by atoms with E-state index in [0.29, 0.717) is 12.2 Å². The van der Waals surface area contributed by atoms with Gasteiger partial charge in [-0.25, -0.2) is 0 Å². The zero-order valence-corrected chi connectivity index (χ0v) is 9.89. The van der Waals surface area contributed by atoms with Crippen molar-refractivity contribution >= 4 is 22.9 Å². The molecule has 1 aromatic carbocycles. The highest BCUT2D eigenvalue weighted by Gasteiger charge is 1.99. The van der Waals surface area contributed by atoms with Crippen LogP contribution in [0.15, 0.2) is 36.4 Å². The molecule has 2 nitrogen and oxygen atoms in total. The Morgan fingerprint density at radius 3 is 2.50 bits per heavy atom. The van der Waals surface area contributed by atoms with Gasteiger partial charge in [0, 0.05) is 4.88 Å². The quantitative estimate of drug-likeness (QED) is 0.828. The van der Waals surface area contributed by atoms with Crippen molar-refractivity contribution in [2.45, 2.75) is 6.61 Å². The number of benzene rings is 1. The summed E-state index contributed by atoms with van der Waals surface area (Å²) in [6.45, 7) is 0.503. The van der Waals surface area contributed by atoms with Gasteiger partial charge in [-0.3, -0.25) is 0 Å². The van der Waals surface area contributed by atoms with Gasteiger partial charge in [0.05, 0.1) is 16.0 Å². The number of rotatable bonds is 3. The van der Waals surface area contributed by atoms with Crippen LogP contribution in [-0.2, 0) is 6.61 Å². The van der Waals surface area contributed by atoms with Crippen LogP contribution in [0.2, 0.25) is 4.34 Å². The maximum absolute atomic E-state index is 8.64. The molecule has 0 bridgehead atoms. The van der Waals surface area contributed by atoms with Gasteiger partial charge in [-0.1, -0.05) is 11.6 Å². The molecule has 80 valence electrons. The van der Waals surface area contributed by atoms with E-state index in [1.165, 1.54) is 11.3 Å². The molecule has 16 heavy (non-hydrogen) atoms. The van der Waals surface area contributed by atoms with Crippen LogP contribution in [0.1, 0.15) is 10.4 Å². The van der Waals surface area contributed by atoms with E-state index in [4.69, 9.17) is 21.6 Å². The second-order valence-electron chi connectivity index (χ2n) is 3.13. The summed E-state index contributed by atoms with van der Waals surface area (Å²) < 4.78 is 6.31. The van der Waals surface area contributed by atoms with Gasteiger partial charge in [0.25, 0.3) is 0 Å². The zero-order valence-electron chi connectivity index (χ0n) is 8.31. The Balaban J connectivity index is 1.97. The summed E-state index contributed by atoms with van der Waals surface area (Å²) in [6, 6.07) is 12.9. The molecular formula is C12H8ClNOS. The minimum Gasteiger partial charge on any atom is -0.488 e. The lowest BCUT2D eigenvalue weighted by molar-refractivity contribution is 0.310. The molecule has 0 saturated heterocycles. The Bertz CT molecular complexity index is 513. The average molecular weight is 250 g/mol. The molecule has 0 aliphatic heterocycles. The molecule has 0 amide bonds. The molecule has 1 heterocycles. The van der Waals surface area contributed by atoms with E-state index >= 15 is 0 Å². The Hall–Kier alpha value is -1.50. The second kappa shape index (κ2) is 5.02. The first kappa shape index (κ1) is 11.0. The second-order valence-corrected chi connectivity index (χ2v) is 4.93. The van der Waals surface area contributed by atoms with Crippen LogP contribution in [0.3, 0.4) is 0 Å². The Morgan fingerprint density at radius 2 is 1.94 bits per heavy atom. The van der Waals surface area contributed by atoms with Gasteiger partial charge in [0.1, 0.15) is 12.4 Å². The lowest BCUT2D eigenvalue weighted by Gasteiger charge is -2.03. The predicted molar refractivity (Wildman–Crippen MR) is 64.8 cm³/mol. The minimum atomic E-state index is 0.503. The number of ether oxygens (including phenoxy) is 1. The lowest BCUT2D eigenvalue weighted by atomic mass is 10.2. The van der Waals surface area contributed by atoms with Crippen molar-refractivity contribution in [3.63, 3.8) is 0 Å². The third kappa shape index (κ3) is 2.75. The summed E-state index contributed by atoms with van der Waals surface area (Å²) in [7, 11) is 0. The van der Waals surface area contributed by atoms with Gasteiger partial charge in [0.2, 0.25) is 0 Å². The smallest absolute Gasteiger partial charge is 0.122 e. The zero-order chi connectivity index (χ0) is 11.4. The highest BCUT2D eigenvalue weighted by molar-refractivity contribution is 7.16. The molecule has 0 saturated carbocycles. The number of nitrogens with zero attached hydrogens (tertiary/aromatic N) is 1. The first-order chi connectivity index (χ1) is 7.78. The van der Waals surface area contributed by atoms with Gasteiger partial charge < -0.3 is 4.74 Å². The number of hydrogen-bond acceptors (Lipinski definition) is 3. The number of hydrogen-bond donors (Lipinski definition) is 0. The SMILES string of the molecule is N#Cc1ccc(OCc2ccc(Cl)s2)cc1. The molecule has 0 spiro atoms. The molecule has 0 radical (unpaired) electrons. The average Bonchev–Trinajstić information content (AvgIpc) is 2.73. The summed E-state index contributed by atoms with van der Waals surface area (Å²) in [5, 5.41) is 8.64. The molecule has 0 aliphatic carbocycles. The molecule has 0 N–H and O–H groups in total. The predicted octanol–water partition coefficient (Wildman–Crippen LogP) is 3.85. The third-order valence-corrected chi connectivity index (χ3v) is 3.20. The fraction of sp³-hybridized carbons (Fsp3) is 0.0833. The van der Waals surface area contributed by atoms with Crippen molar-refractivity contribution in [3.05, 3.63) is 51.2 Å². The van der Waals surface area contributed by atoms with Gasteiger partial charge >= 0.3 is 0 Å². The maximum atomic E-state index is 8.64. The highest BCUT2D eigenvalue weighted by Crippen LogP contribution is 2.23. The van der Waals surface area contributed by atoms with Crippen molar-refractivity contribution in [3.8, 4) is 11.8 Å². The summed E-state index contributed by atoms with van der Waals surface area (Å²) in [6.07, 6.45) is 0. The lowest BCUT2D eigenvalue weighted by Crippen LogP contribution is -1.92. The maximum Gasteiger partial charge on any atom is 0.122 e. The summed E-state index contributed by atoms with van der Waals surface area (Å²) in [4.78, 5) is 1.08. The van der Waals surface area contributed by atoms with E-state index in [1.807, 2.05) is 12.1 Å². The van der Waals surface area contributed by atoms with E-state index in [1.54, 1.807) is 24.3 Å². The molecular weight excluding hydrogens is 242 g/mol. The van der Waals surface area contributed by atoms with Gasteiger partial charge in [-0.15, -0.1) is 11.3 Å². The number of halogens is 1. The van der Waals surface area contributed by atoms with Crippen LogP contribution in [0, 0.1) is 11.3 Å². The van der Waals surface area contributed by atoms with Crippen LogP contribution in [0.4, 0.5) is 0 Å². The molecule has 1 aromatic heterocycles. The third-order valence-electron chi connectivity index (χ3n) is 1.99. The molecule has 2 rings (SSSR count). The van der Waals surface area contributed by atoms with Crippen molar-refractivity contribution in [2.75, 3.05) is 0 Å². The minimum absolute atomic E-state index is 0.503. The Labute approximate surface area is 103 Å². The highest BCUT2D eigenvalue weighted by atomic mass is 35.5. The van der Waals surface area contributed by atoms with Crippen LogP contribution in [0.25, 0.3) is 0 Å².